The fourth-order valence-corrected chi connectivity index (χ4v) is 9.57. The predicted molar refractivity (Wildman–Crippen MR) is 223 cm³/mol. The monoisotopic (exact) mass is 959 g/mol. The molecule has 0 unspecified atom stereocenters. The summed E-state index contributed by atoms with van der Waals surface area (Å²) in [5.41, 5.74) is -6.59. The van der Waals surface area contributed by atoms with E-state index in [1.807, 2.05) is 57.3 Å². The molecule has 0 atom stereocenters. The number of thiophene rings is 1. The molecular formula is C46H56GeIrN2S-2. The SMILES string of the molecule is [2H]C([2H])([2H])C([2H])([2H])C(c1ccnc(-c2[c-]ccc3c2sc2cc(C(C([2H])([2H])[2H])(C([2H])([2H])[2H])C([2H])([2H])[2H])ccc23)c1)(C([2H])([2H])[2H])C([2H])([2H])C([2H])([2H])[2H].[2H]C([2H])(c1cc(-c2[c-]cccc2)nc[c]1[Ge]([CH3])([CH3])[CH3])C(C)(C)C.[Ir]. The van der Waals surface area contributed by atoms with Crippen LogP contribution in [-0.2, 0) is 37.3 Å². The Balaban J connectivity index is 0.000000423. The Bertz CT molecular complexity index is 2930. The van der Waals surface area contributed by atoms with E-state index in [-0.39, 0.29) is 36.1 Å². The minimum absolute atomic E-state index is 0. The minimum atomic E-state index is -4.02. The standard InChI is InChI=1S/C27H30NS.C19H26GeN.Ir/c1-7-27(6,8-2)19-14-15-28-23(16-19)22-11-9-10-21-20-13-12-18(26(3,4)5)17-24(20)29-25(21)22;1-19(2,3)13-16-12-18(15-10-8-7-9-11-15)21-14-17(16)20(4,5)6;/h9-10,12-17H,7-8H2,1-6H3;7-10,12,14H,13H2,1-6H3;/q2*-1;/i1D3,2D3,3D3,4D3,5D3,6D3,7D2,8D2;13D2;. The van der Waals surface area contributed by atoms with Gasteiger partial charge >= 0.3 is 135 Å². The van der Waals surface area contributed by atoms with Gasteiger partial charge in [0, 0.05) is 61.2 Å². The van der Waals surface area contributed by atoms with E-state index in [9.17, 15) is 0 Å². The summed E-state index contributed by atoms with van der Waals surface area (Å²) in [6.45, 7) is -16.3. The molecule has 0 aliphatic carbocycles. The first-order chi connectivity index (χ1) is 33.1. The molecule has 5 heteroatoms. The summed E-state index contributed by atoms with van der Waals surface area (Å²) in [6, 6.07) is 24.0. The second-order valence-corrected chi connectivity index (χ2v) is 25.7. The molecule has 0 N–H and O–H groups in total. The van der Waals surface area contributed by atoms with E-state index in [2.05, 4.69) is 39.4 Å². The topological polar surface area (TPSA) is 25.8 Å². The third kappa shape index (κ3) is 9.68. The number of hydrogen-bond donors (Lipinski definition) is 0. The smallest absolute Gasteiger partial charge is 0 e. The average Bonchev–Trinajstić information content (AvgIpc) is 3.59. The van der Waals surface area contributed by atoms with Gasteiger partial charge < -0.3 is 4.98 Å². The van der Waals surface area contributed by atoms with E-state index in [0.29, 0.717) is 15.5 Å². The largest absolute Gasteiger partial charge is 0 e. The summed E-state index contributed by atoms with van der Waals surface area (Å²) >= 11 is -1.32. The molecule has 0 spiro atoms. The molecule has 3 aromatic heterocycles. The normalized spacial score (nSPS) is 21.7. The first kappa shape index (κ1) is 19.1. The Morgan fingerprint density at radius 2 is 1.59 bits per heavy atom. The van der Waals surface area contributed by atoms with Gasteiger partial charge in [0.15, 0.2) is 0 Å². The van der Waals surface area contributed by atoms with Crippen molar-refractivity contribution in [1.29, 1.82) is 0 Å². The number of pyridine rings is 2. The summed E-state index contributed by atoms with van der Waals surface area (Å²) in [6.07, 6.45) is -6.60. The van der Waals surface area contributed by atoms with Crippen molar-refractivity contribution < 1.29 is 53.0 Å². The Morgan fingerprint density at radius 1 is 0.804 bits per heavy atom. The maximum Gasteiger partial charge on any atom is 0 e. The van der Waals surface area contributed by atoms with Gasteiger partial charge in [0.2, 0.25) is 0 Å². The van der Waals surface area contributed by atoms with Crippen LogP contribution in [0.3, 0.4) is 0 Å². The number of aromatic nitrogens is 2. The summed E-state index contributed by atoms with van der Waals surface area (Å²) < 4.78 is 199. The number of nitrogens with zero attached hydrogens (tertiary/aromatic N) is 2. The van der Waals surface area contributed by atoms with Gasteiger partial charge in [0.1, 0.15) is 0 Å². The van der Waals surface area contributed by atoms with Crippen LogP contribution in [0.1, 0.15) is 124 Å². The third-order valence-corrected chi connectivity index (χ3v) is 13.3. The van der Waals surface area contributed by atoms with Crippen molar-refractivity contribution in [1.82, 2.24) is 9.97 Å². The molecule has 1 radical (unpaired) electrons. The van der Waals surface area contributed by atoms with Crippen LogP contribution in [0.25, 0.3) is 42.7 Å². The van der Waals surface area contributed by atoms with Crippen LogP contribution in [0.2, 0.25) is 17.3 Å². The second kappa shape index (κ2) is 16.2. The summed E-state index contributed by atoms with van der Waals surface area (Å²) in [7, 11) is 0. The number of rotatable bonds is 7. The molecule has 0 fully saturated rings. The number of fused-ring (bicyclic) bond motifs is 3. The Labute approximate surface area is 362 Å². The van der Waals surface area contributed by atoms with E-state index >= 15 is 0 Å². The van der Waals surface area contributed by atoms with Crippen molar-refractivity contribution in [3.05, 3.63) is 114 Å². The van der Waals surface area contributed by atoms with E-state index in [1.54, 1.807) is 6.07 Å². The average molecular weight is 958 g/mol. The van der Waals surface area contributed by atoms with Gasteiger partial charge in [-0.05, 0) is 62.6 Å². The zero-order valence-corrected chi connectivity index (χ0v) is 34.5. The number of benzene rings is 3. The zero-order valence-electron chi connectivity index (χ0n) is 53.2. The maximum absolute atomic E-state index is 8.76. The van der Waals surface area contributed by atoms with Gasteiger partial charge in [-0.2, -0.15) is 11.3 Å². The molecule has 0 aliphatic heterocycles. The molecule has 0 aliphatic rings. The fraction of sp³-hybridized carbons (Fsp3) is 0.391. The Morgan fingerprint density at radius 3 is 2.24 bits per heavy atom. The van der Waals surface area contributed by atoms with Gasteiger partial charge in [-0.1, -0.05) is 64.7 Å². The zero-order chi connectivity index (χ0) is 56.9. The van der Waals surface area contributed by atoms with E-state index < -0.39 is 101 Å². The predicted octanol–water partition coefficient (Wildman–Crippen LogP) is 13.0. The molecule has 3 heterocycles. The molecule has 0 amide bonds. The van der Waals surface area contributed by atoms with Crippen molar-refractivity contribution in [3.63, 3.8) is 0 Å². The number of hydrogen-bond acceptors (Lipinski definition) is 3. The second-order valence-electron chi connectivity index (χ2n) is 14.1. The van der Waals surface area contributed by atoms with Crippen LogP contribution in [0, 0.1) is 17.5 Å². The van der Waals surface area contributed by atoms with Crippen LogP contribution >= 0.6 is 11.3 Å². The van der Waals surface area contributed by atoms with Crippen LogP contribution < -0.4 is 4.40 Å². The van der Waals surface area contributed by atoms with Gasteiger partial charge in [-0.25, -0.2) is 0 Å². The van der Waals surface area contributed by atoms with Crippen LogP contribution in [0.4, 0.5) is 0 Å². The van der Waals surface area contributed by atoms with E-state index in [1.165, 1.54) is 12.1 Å². The molecule has 2 nitrogen and oxygen atoms in total. The Hall–Kier alpha value is -2.63. The molecule has 51 heavy (non-hydrogen) atoms. The van der Waals surface area contributed by atoms with Crippen LogP contribution in [0.15, 0.2) is 85.2 Å². The third-order valence-electron chi connectivity index (χ3n) is 7.90. The minimum Gasteiger partial charge on any atom is 0 e. The van der Waals surface area contributed by atoms with Crippen LogP contribution in [-0.4, -0.2) is 23.2 Å². The first-order valence-corrected chi connectivity index (χ1v) is 24.1. The van der Waals surface area contributed by atoms with Gasteiger partial charge in [-0.15, -0.1) is 23.8 Å². The van der Waals surface area contributed by atoms with Crippen LogP contribution in [0.5, 0.6) is 0 Å². The van der Waals surface area contributed by atoms with Gasteiger partial charge in [0.25, 0.3) is 0 Å². The van der Waals surface area contributed by atoms with Gasteiger partial charge in [0.05, 0.1) is 0 Å². The van der Waals surface area contributed by atoms with Crippen molar-refractivity contribution >= 4 is 49.2 Å². The molecule has 0 bridgehead atoms. The van der Waals surface area contributed by atoms with Crippen molar-refractivity contribution in [2.75, 3.05) is 0 Å². The summed E-state index contributed by atoms with van der Waals surface area (Å²) in [5.74, 6) is 6.86. The molecule has 0 saturated carbocycles. The molecule has 0 saturated heterocycles. The maximum atomic E-state index is 8.76. The molecule has 271 valence electrons. The van der Waals surface area contributed by atoms with E-state index in [0.717, 1.165) is 63.0 Å². The molecule has 6 rings (SSSR count). The molecule has 3 aromatic carbocycles. The van der Waals surface area contributed by atoms with Crippen molar-refractivity contribution in [2.45, 2.75) is 109 Å². The van der Waals surface area contributed by atoms with Gasteiger partial charge in [-0.3, -0.25) is 0 Å². The van der Waals surface area contributed by atoms with Crippen molar-refractivity contribution in [3.8, 4) is 22.5 Å². The fourth-order valence-electron chi connectivity index (χ4n) is 5.40. The Kier molecular flexibility index (Phi) is 6.06. The quantitative estimate of drug-likeness (QED) is 0.118. The first-order valence-electron chi connectivity index (χ1n) is 27.9. The molecule has 6 aromatic rings. The van der Waals surface area contributed by atoms with E-state index in [4.69, 9.17) is 32.9 Å². The van der Waals surface area contributed by atoms with Crippen molar-refractivity contribution in [2.24, 2.45) is 5.41 Å². The summed E-state index contributed by atoms with van der Waals surface area (Å²) in [4.78, 5) is 8.83. The summed E-state index contributed by atoms with van der Waals surface area (Å²) in [5, 5.41) is 0.845. The molecular weight excluding hydrogens is 877 g/mol.